The number of aromatic nitrogens is 4. The molecule has 33 heavy (non-hydrogen) atoms. The van der Waals surface area contributed by atoms with Crippen molar-refractivity contribution < 1.29 is 43.3 Å². The second-order valence-corrected chi connectivity index (χ2v) is 8.29. The molecule has 1 aromatic carbocycles. The average molecular weight is 483 g/mol. The number of nitrogens with zero attached hydrogens (tertiary/aromatic N) is 3. The summed E-state index contributed by atoms with van der Waals surface area (Å²) in [5, 5.41) is 23.5. The maximum Gasteiger partial charge on any atom is 0.469 e. The van der Waals surface area contributed by atoms with Gasteiger partial charge in [0.1, 0.15) is 30.2 Å². The van der Waals surface area contributed by atoms with Gasteiger partial charge in [-0.3, -0.25) is 4.52 Å². The number of aliphatic hydroxyl groups excluding tert-OH is 2. The van der Waals surface area contributed by atoms with Gasteiger partial charge in [0.25, 0.3) is 0 Å². The lowest BCUT2D eigenvalue weighted by molar-refractivity contribution is -0.116. The number of anilines is 1. The third-order valence-electron chi connectivity index (χ3n) is 4.90. The highest BCUT2D eigenvalue weighted by Crippen LogP contribution is 2.38. The molecule has 1 fully saturated rings. The summed E-state index contributed by atoms with van der Waals surface area (Å²) in [4.78, 5) is 33.0. The molecule has 6 N–H and O–H groups in total. The maximum atomic E-state index is 10.9. The van der Waals surface area contributed by atoms with E-state index in [4.69, 9.17) is 24.0 Å². The number of hydrogen-bond acceptors (Lipinski definition) is 11. The van der Waals surface area contributed by atoms with Gasteiger partial charge in [0.2, 0.25) is 6.29 Å². The molecule has 1 saturated heterocycles. The van der Waals surface area contributed by atoms with E-state index in [1.165, 1.54) is 19.8 Å². The van der Waals surface area contributed by atoms with Crippen LogP contribution in [0.2, 0.25) is 0 Å². The van der Waals surface area contributed by atoms with Gasteiger partial charge in [0.05, 0.1) is 20.0 Å². The van der Waals surface area contributed by atoms with Gasteiger partial charge in [-0.1, -0.05) is 12.1 Å². The molecule has 0 amide bonds. The molecule has 178 valence electrons. The highest BCUT2D eigenvalue weighted by Gasteiger charge is 2.45. The number of ether oxygens (including phenoxy) is 3. The number of phosphoric ester groups is 1. The van der Waals surface area contributed by atoms with Crippen LogP contribution in [0.1, 0.15) is 5.56 Å². The molecule has 4 rings (SSSR count). The predicted octanol–water partition coefficient (Wildman–Crippen LogP) is -0.0916. The highest BCUT2D eigenvalue weighted by molar-refractivity contribution is 7.46. The zero-order valence-corrected chi connectivity index (χ0v) is 18.1. The van der Waals surface area contributed by atoms with Crippen LogP contribution in [0.25, 0.3) is 11.2 Å². The van der Waals surface area contributed by atoms with E-state index in [1.54, 1.807) is 18.2 Å². The topological polar surface area (TPSA) is 201 Å². The number of rotatable bonds is 9. The second kappa shape index (κ2) is 9.57. The number of nitrogens with one attached hydrogen (secondary N) is 2. The van der Waals surface area contributed by atoms with Gasteiger partial charge >= 0.3 is 7.82 Å². The van der Waals surface area contributed by atoms with Crippen molar-refractivity contribution in [3.8, 4) is 11.5 Å². The van der Waals surface area contributed by atoms with Gasteiger partial charge in [-0.2, -0.15) is 0 Å². The lowest BCUT2D eigenvalue weighted by Crippen LogP contribution is -2.36. The van der Waals surface area contributed by atoms with E-state index in [-0.39, 0.29) is 5.75 Å². The lowest BCUT2D eigenvalue weighted by atomic mass is 10.1. The summed E-state index contributed by atoms with van der Waals surface area (Å²) in [6.45, 7) is -0.342. The predicted molar refractivity (Wildman–Crippen MR) is 111 cm³/mol. The van der Waals surface area contributed by atoms with Crippen molar-refractivity contribution in [1.82, 2.24) is 19.9 Å². The van der Waals surface area contributed by atoms with Crippen LogP contribution in [-0.4, -0.2) is 78.3 Å². The Morgan fingerprint density at radius 1 is 1.21 bits per heavy atom. The number of imidazole rings is 1. The number of methoxy groups -OCH3 is 1. The third kappa shape index (κ3) is 5.23. The number of aliphatic hydroxyl groups is 2. The van der Waals surface area contributed by atoms with Crippen molar-refractivity contribution in [2.75, 3.05) is 19.0 Å². The van der Waals surface area contributed by atoms with Gasteiger partial charge < -0.3 is 44.5 Å². The van der Waals surface area contributed by atoms with Crippen LogP contribution in [0.3, 0.4) is 0 Å². The Bertz CT molecular complexity index is 1160. The number of aromatic amines is 1. The van der Waals surface area contributed by atoms with Gasteiger partial charge in [0.15, 0.2) is 23.0 Å². The number of H-pyrrole nitrogens is 1. The van der Waals surface area contributed by atoms with E-state index >= 15 is 0 Å². The Labute approximate surface area is 186 Å². The fourth-order valence-corrected chi connectivity index (χ4v) is 3.69. The molecule has 2 aromatic heterocycles. The number of para-hydroxylation sites is 1. The Kier molecular flexibility index (Phi) is 6.76. The van der Waals surface area contributed by atoms with Crippen molar-refractivity contribution in [2.24, 2.45) is 0 Å². The molecule has 1 aliphatic rings. The fourth-order valence-electron chi connectivity index (χ4n) is 3.35. The number of hydrogen-bond donors (Lipinski definition) is 6. The first-order valence-electron chi connectivity index (χ1n) is 9.69. The molecule has 4 atom stereocenters. The first-order valence-corrected chi connectivity index (χ1v) is 11.2. The molecule has 1 aliphatic heterocycles. The first kappa shape index (κ1) is 23.3. The van der Waals surface area contributed by atoms with Crippen LogP contribution in [0, 0.1) is 0 Å². The van der Waals surface area contributed by atoms with E-state index < -0.39 is 39.0 Å². The largest absolute Gasteiger partial charge is 0.493 e. The molecule has 3 heterocycles. The monoisotopic (exact) mass is 483 g/mol. The SMILES string of the molecule is COc1c(CNc2ncnc3nc[nH]c23)cccc1OC1O[C@H](COP(=O)(O)O)[C@@H](O)[C@H]1O. The standard InChI is InChI=1S/C18H22N5O9P/c1-29-15-9(5-19-16-12-17(21-7-20-12)23-8-22-16)3-2-4-10(15)31-18-14(25)13(24)11(32-18)6-30-33(26,27)28/h2-4,7-8,11,13-14,18,24-25H,5-6H2,1H3,(H2,26,27,28)(H2,19,20,21,22,23)/t11-,13-,14-,18?/m1/s1. The Balaban J connectivity index is 1.47. The summed E-state index contributed by atoms with van der Waals surface area (Å²) < 4.78 is 31.9. The smallest absolute Gasteiger partial charge is 0.469 e. The molecular weight excluding hydrogens is 461 g/mol. The van der Waals surface area contributed by atoms with Crippen LogP contribution in [0.5, 0.6) is 11.5 Å². The molecule has 15 heteroatoms. The minimum Gasteiger partial charge on any atom is -0.493 e. The summed E-state index contributed by atoms with van der Waals surface area (Å²) in [5.74, 6) is 1.11. The molecule has 14 nitrogen and oxygen atoms in total. The summed E-state index contributed by atoms with van der Waals surface area (Å²) in [5.41, 5.74) is 1.85. The third-order valence-corrected chi connectivity index (χ3v) is 5.39. The second-order valence-electron chi connectivity index (χ2n) is 7.05. The summed E-state index contributed by atoms with van der Waals surface area (Å²) in [6, 6.07) is 5.08. The first-order chi connectivity index (χ1) is 15.8. The van der Waals surface area contributed by atoms with Crippen LogP contribution in [0.15, 0.2) is 30.9 Å². The summed E-state index contributed by atoms with van der Waals surface area (Å²) in [6.07, 6.45) is -2.60. The van der Waals surface area contributed by atoms with Crippen molar-refractivity contribution in [3.63, 3.8) is 0 Å². The Morgan fingerprint density at radius 3 is 2.79 bits per heavy atom. The zero-order chi connectivity index (χ0) is 23.6. The Morgan fingerprint density at radius 2 is 2.03 bits per heavy atom. The van der Waals surface area contributed by atoms with Crippen LogP contribution in [0.4, 0.5) is 5.82 Å². The van der Waals surface area contributed by atoms with Crippen molar-refractivity contribution in [3.05, 3.63) is 36.4 Å². The van der Waals surface area contributed by atoms with Crippen LogP contribution < -0.4 is 14.8 Å². The molecule has 0 saturated carbocycles. The number of benzene rings is 1. The summed E-state index contributed by atoms with van der Waals surface area (Å²) >= 11 is 0. The van der Waals surface area contributed by atoms with E-state index in [9.17, 15) is 14.8 Å². The molecule has 0 bridgehead atoms. The van der Waals surface area contributed by atoms with Gasteiger partial charge in [-0.15, -0.1) is 0 Å². The minimum atomic E-state index is -4.77. The van der Waals surface area contributed by atoms with Crippen molar-refractivity contribution >= 4 is 24.8 Å². The molecule has 3 aromatic rings. The molecule has 1 unspecified atom stereocenters. The molecular formula is C18H22N5O9P. The van der Waals surface area contributed by atoms with Crippen LogP contribution in [-0.2, 0) is 20.4 Å². The van der Waals surface area contributed by atoms with E-state index in [0.717, 1.165) is 0 Å². The van der Waals surface area contributed by atoms with Gasteiger partial charge in [-0.05, 0) is 6.07 Å². The zero-order valence-electron chi connectivity index (χ0n) is 17.2. The average Bonchev–Trinajstić information content (AvgIpc) is 3.36. The van der Waals surface area contributed by atoms with Crippen LogP contribution >= 0.6 is 7.82 Å². The summed E-state index contributed by atoms with van der Waals surface area (Å²) in [7, 11) is -3.32. The normalized spacial score (nSPS) is 23.1. The molecule has 0 radical (unpaired) electrons. The number of fused-ring (bicyclic) bond motifs is 1. The highest BCUT2D eigenvalue weighted by atomic mass is 31.2. The van der Waals surface area contributed by atoms with E-state index in [2.05, 4.69) is 29.8 Å². The van der Waals surface area contributed by atoms with Gasteiger partial charge in [-0.25, -0.2) is 19.5 Å². The van der Waals surface area contributed by atoms with E-state index in [0.29, 0.717) is 34.8 Å². The fraction of sp³-hybridized carbons (Fsp3) is 0.389. The van der Waals surface area contributed by atoms with Gasteiger partial charge in [0, 0.05) is 12.1 Å². The molecule has 0 spiro atoms. The van der Waals surface area contributed by atoms with Crippen molar-refractivity contribution in [1.29, 1.82) is 0 Å². The minimum absolute atomic E-state index is 0.221. The molecule has 0 aliphatic carbocycles. The Hall–Kier alpha value is -2.84. The van der Waals surface area contributed by atoms with E-state index in [1.807, 2.05) is 0 Å². The lowest BCUT2D eigenvalue weighted by Gasteiger charge is -2.20. The quantitative estimate of drug-likeness (QED) is 0.221. The number of phosphoric acid groups is 1. The maximum absolute atomic E-state index is 10.9. The van der Waals surface area contributed by atoms with Crippen molar-refractivity contribution in [2.45, 2.75) is 31.1 Å².